The van der Waals surface area contributed by atoms with Crippen molar-refractivity contribution < 1.29 is 0 Å². The quantitative estimate of drug-likeness (QED) is 0.328. The Bertz CT molecular complexity index is 1610. The molecule has 1 N–H and O–H groups in total. The average Bonchev–Trinajstić information content (AvgIpc) is 3.62. The molecule has 0 radical (unpaired) electrons. The van der Waals surface area contributed by atoms with Gasteiger partial charge in [-0.1, -0.05) is 81.1 Å². The van der Waals surface area contributed by atoms with Crippen molar-refractivity contribution in [1.29, 1.82) is 0 Å². The van der Waals surface area contributed by atoms with Gasteiger partial charge in [-0.2, -0.15) is 15.3 Å². The highest BCUT2D eigenvalue weighted by molar-refractivity contribution is 5.80. The maximum atomic E-state index is 14.1. The Morgan fingerprint density at radius 2 is 1.76 bits per heavy atom. The second-order valence-electron chi connectivity index (χ2n) is 10.2. The number of hydrogen-bond acceptors (Lipinski definition) is 6. The van der Waals surface area contributed by atoms with E-state index in [1.807, 2.05) is 34.2 Å². The fourth-order valence-electron chi connectivity index (χ4n) is 5.78. The van der Waals surface area contributed by atoms with Crippen molar-refractivity contribution in [3.8, 4) is 22.5 Å². The van der Waals surface area contributed by atoms with Crippen molar-refractivity contribution in [3.63, 3.8) is 0 Å². The number of tetrazole rings is 1. The van der Waals surface area contributed by atoms with E-state index in [9.17, 15) is 4.79 Å². The number of nitrogens with one attached hydrogen (secondary N) is 1. The third-order valence-electron chi connectivity index (χ3n) is 7.58. The molecule has 1 saturated carbocycles. The molecule has 0 bridgehead atoms. The van der Waals surface area contributed by atoms with Gasteiger partial charge < -0.3 is 0 Å². The average molecular weight is 509 g/mol. The molecule has 0 unspecified atom stereocenters. The Hall–Kier alpha value is -4.14. The largest absolute Gasteiger partial charge is 0.274 e. The summed E-state index contributed by atoms with van der Waals surface area (Å²) < 4.78 is 3.89. The van der Waals surface area contributed by atoms with Gasteiger partial charge in [-0.3, -0.25) is 9.36 Å². The van der Waals surface area contributed by atoms with Crippen LogP contribution in [0.3, 0.4) is 0 Å². The van der Waals surface area contributed by atoms with Crippen molar-refractivity contribution >= 4 is 5.78 Å². The highest BCUT2D eigenvalue weighted by Crippen LogP contribution is 2.31. The second-order valence-corrected chi connectivity index (χ2v) is 10.2. The SMILES string of the molecule is CCCc1c(Cc2ccc(-c3ccccc3-c3nn[nH]n3)cc2)c(=O)n(C2CCCCC2)c2nc(C)nn12. The maximum absolute atomic E-state index is 14.1. The van der Waals surface area contributed by atoms with Gasteiger partial charge in [-0.05, 0) is 48.1 Å². The zero-order chi connectivity index (χ0) is 26.1. The zero-order valence-corrected chi connectivity index (χ0v) is 21.9. The second kappa shape index (κ2) is 10.3. The van der Waals surface area contributed by atoms with Crippen LogP contribution in [0.5, 0.6) is 0 Å². The Balaban J connectivity index is 1.41. The summed E-state index contributed by atoms with van der Waals surface area (Å²) >= 11 is 0. The van der Waals surface area contributed by atoms with Crippen molar-refractivity contribution in [2.45, 2.75) is 71.3 Å². The molecule has 5 aromatic rings. The van der Waals surface area contributed by atoms with Crippen LogP contribution in [0.15, 0.2) is 53.3 Å². The molecule has 1 fully saturated rings. The molecule has 2 aromatic carbocycles. The van der Waals surface area contributed by atoms with E-state index in [2.05, 4.69) is 57.9 Å². The Morgan fingerprint density at radius 3 is 2.47 bits per heavy atom. The van der Waals surface area contributed by atoms with Crippen LogP contribution in [0, 0.1) is 6.92 Å². The van der Waals surface area contributed by atoms with Gasteiger partial charge in [0.15, 0.2) is 0 Å². The summed E-state index contributed by atoms with van der Waals surface area (Å²) in [4.78, 5) is 18.8. The lowest BCUT2D eigenvalue weighted by molar-refractivity contribution is 0.348. The van der Waals surface area contributed by atoms with E-state index in [1.54, 1.807) is 0 Å². The van der Waals surface area contributed by atoms with Gasteiger partial charge in [0.25, 0.3) is 5.56 Å². The number of fused-ring (bicyclic) bond motifs is 1. The summed E-state index contributed by atoms with van der Waals surface area (Å²) in [6, 6.07) is 16.6. The lowest BCUT2D eigenvalue weighted by Gasteiger charge is -2.25. The van der Waals surface area contributed by atoms with Gasteiger partial charge in [-0.15, -0.1) is 10.2 Å². The normalized spacial score (nSPS) is 14.4. The van der Waals surface area contributed by atoms with Crippen molar-refractivity contribution in [2.24, 2.45) is 0 Å². The molecule has 9 nitrogen and oxygen atoms in total. The monoisotopic (exact) mass is 508 g/mol. The Morgan fingerprint density at radius 1 is 1.00 bits per heavy atom. The molecule has 0 saturated heterocycles. The molecule has 3 heterocycles. The standard InChI is InChI=1S/C29H32N8O/c1-3-9-26-25(28(38)36(22-10-5-4-6-11-22)29-30-19(2)33-37(26)29)18-20-14-16-21(17-15-20)23-12-7-8-13-24(23)27-31-34-35-32-27/h7-8,12-17,22H,3-6,9-11,18H2,1-2H3,(H,31,32,34,35). The van der Waals surface area contributed by atoms with Gasteiger partial charge in [0.05, 0.1) is 5.69 Å². The number of rotatable bonds is 7. The van der Waals surface area contributed by atoms with Crippen LogP contribution >= 0.6 is 0 Å². The van der Waals surface area contributed by atoms with Crippen molar-refractivity contribution in [2.75, 3.05) is 0 Å². The first-order valence-corrected chi connectivity index (χ1v) is 13.6. The molecule has 0 aliphatic heterocycles. The highest BCUT2D eigenvalue weighted by atomic mass is 16.1. The predicted octanol–water partition coefficient (Wildman–Crippen LogP) is 5.10. The zero-order valence-electron chi connectivity index (χ0n) is 21.9. The molecular weight excluding hydrogens is 476 g/mol. The molecule has 0 atom stereocenters. The topological polar surface area (TPSA) is 107 Å². The lowest BCUT2D eigenvalue weighted by atomic mass is 9.94. The summed E-state index contributed by atoms with van der Waals surface area (Å²) in [5.74, 6) is 1.96. The molecule has 1 aliphatic carbocycles. The molecular formula is C29H32N8O. The fraction of sp³-hybridized carbons (Fsp3) is 0.379. The van der Waals surface area contributed by atoms with Crippen LogP contribution in [-0.2, 0) is 12.8 Å². The summed E-state index contributed by atoms with van der Waals surface area (Å²) in [7, 11) is 0. The lowest BCUT2D eigenvalue weighted by Crippen LogP contribution is -2.33. The third-order valence-corrected chi connectivity index (χ3v) is 7.58. The number of hydrogen-bond donors (Lipinski definition) is 1. The summed E-state index contributed by atoms with van der Waals surface area (Å²) in [6.07, 6.45) is 7.83. The maximum Gasteiger partial charge on any atom is 0.259 e. The van der Waals surface area contributed by atoms with E-state index >= 15 is 0 Å². The van der Waals surface area contributed by atoms with Gasteiger partial charge in [0.1, 0.15) is 5.82 Å². The molecule has 3 aromatic heterocycles. The number of H-pyrrole nitrogens is 1. The minimum Gasteiger partial charge on any atom is -0.274 e. The Labute approximate surface area is 221 Å². The number of aromatic amines is 1. The van der Waals surface area contributed by atoms with Crippen LogP contribution in [0.2, 0.25) is 0 Å². The van der Waals surface area contributed by atoms with E-state index in [1.165, 1.54) is 6.42 Å². The summed E-state index contributed by atoms with van der Waals surface area (Å²) in [5.41, 5.74) is 6.00. The number of aromatic nitrogens is 8. The third kappa shape index (κ3) is 4.42. The van der Waals surface area contributed by atoms with Gasteiger partial charge in [-0.25, -0.2) is 4.52 Å². The van der Waals surface area contributed by atoms with E-state index < -0.39 is 0 Å². The van der Waals surface area contributed by atoms with Gasteiger partial charge in [0, 0.05) is 23.6 Å². The smallest absolute Gasteiger partial charge is 0.259 e. The summed E-state index contributed by atoms with van der Waals surface area (Å²) in [5, 5.41) is 19.3. The predicted molar refractivity (Wildman–Crippen MR) is 146 cm³/mol. The van der Waals surface area contributed by atoms with Crippen LogP contribution in [0.1, 0.15) is 74.1 Å². The van der Waals surface area contributed by atoms with Gasteiger partial charge >= 0.3 is 0 Å². The Kier molecular flexibility index (Phi) is 6.57. The van der Waals surface area contributed by atoms with Crippen molar-refractivity contribution in [3.05, 3.63) is 81.5 Å². The summed E-state index contributed by atoms with van der Waals surface area (Å²) in [6.45, 7) is 4.05. The van der Waals surface area contributed by atoms with Crippen LogP contribution in [0.4, 0.5) is 0 Å². The first kappa shape index (κ1) is 24.2. The molecule has 6 rings (SSSR count). The first-order valence-electron chi connectivity index (χ1n) is 13.6. The number of aryl methyl sites for hydroxylation is 2. The van der Waals surface area contributed by atoms with Crippen molar-refractivity contribution in [1.82, 2.24) is 39.8 Å². The highest BCUT2D eigenvalue weighted by Gasteiger charge is 2.25. The van der Waals surface area contributed by atoms with Crippen LogP contribution < -0.4 is 5.56 Å². The number of nitrogens with zero attached hydrogens (tertiary/aromatic N) is 7. The molecule has 9 heteroatoms. The molecule has 0 spiro atoms. The van der Waals surface area contributed by atoms with E-state index in [0.29, 0.717) is 23.8 Å². The minimum absolute atomic E-state index is 0.0896. The van der Waals surface area contributed by atoms with Crippen LogP contribution in [0.25, 0.3) is 28.3 Å². The van der Waals surface area contributed by atoms with Gasteiger partial charge in [0.2, 0.25) is 11.6 Å². The van der Waals surface area contributed by atoms with Crippen LogP contribution in [-0.4, -0.2) is 39.8 Å². The molecule has 194 valence electrons. The molecule has 0 amide bonds. The molecule has 38 heavy (non-hydrogen) atoms. The first-order chi connectivity index (χ1) is 18.6. The minimum atomic E-state index is 0.0896. The van der Waals surface area contributed by atoms with E-state index in [0.717, 1.165) is 72.0 Å². The van der Waals surface area contributed by atoms with E-state index in [-0.39, 0.29) is 11.6 Å². The van der Waals surface area contributed by atoms with E-state index in [4.69, 9.17) is 10.1 Å². The molecule has 1 aliphatic rings. The number of benzene rings is 2. The fourth-order valence-corrected chi connectivity index (χ4v) is 5.78.